The van der Waals surface area contributed by atoms with E-state index in [0.717, 1.165) is 6.04 Å². The van der Waals surface area contributed by atoms with Crippen LogP contribution in [0.4, 0.5) is 0 Å². The molecule has 0 saturated carbocycles. The van der Waals surface area contributed by atoms with Crippen molar-refractivity contribution in [3.05, 3.63) is 0 Å². The van der Waals surface area contributed by atoms with Gasteiger partial charge in [0.2, 0.25) is 0 Å². The first-order valence-corrected chi connectivity index (χ1v) is 6.62. The Hall–Kier alpha value is -0.0800. The molecule has 0 aromatic heterocycles. The van der Waals surface area contributed by atoms with Crippen LogP contribution in [0, 0.1) is 0 Å². The van der Waals surface area contributed by atoms with Crippen LogP contribution >= 0.6 is 0 Å². The van der Waals surface area contributed by atoms with Crippen molar-refractivity contribution in [1.29, 1.82) is 0 Å². The van der Waals surface area contributed by atoms with E-state index in [1.807, 2.05) is 4.90 Å². The lowest BCUT2D eigenvalue weighted by Gasteiger charge is -2.24. The minimum absolute atomic E-state index is 0.955. The molecule has 2 heteroatoms. The topological polar surface area (TPSA) is 21.1 Å². The second-order valence-electron chi connectivity index (χ2n) is 5.15. The maximum absolute atomic E-state index is 2.60. The van der Waals surface area contributed by atoms with E-state index in [9.17, 15) is 0 Å². The smallest absolute Gasteiger partial charge is 0.135 e. The van der Waals surface area contributed by atoms with Crippen molar-refractivity contribution in [2.75, 3.05) is 26.2 Å². The number of quaternary nitrogens is 2. The molecular weight excluding hydrogens is 172 g/mol. The van der Waals surface area contributed by atoms with Gasteiger partial charge in [-0.3, -0.25) is 0 Å². The lowest BCUT2D eigenvalue weighted by Crippen LogP contribution is -3.16. The summed E-state index contributed by atoms with van der Waals surface area (Å²) in [7, 11) is 0. The first kappa shape index (κ1) is 10.4. The molecule has 0 aliphatic carbocycles. The number of likely N-dealkylation sites (tertiary alicyclic amines) is 1. The fraction of sp³-hybridized carbons (Fsp3) is 1.00. The maximum atomic E-state index is 2.60. The van der Waals surface area contributed by atoms with Gasteiger partial charge < -0.3 is 10.2 Å². The van der Waals surface area contributed by atoms with Crippen molar-refractivity contribution in [1.82, 2.24) is 0 Å². The van der Waals surface area contributed by atoms with Crippen LogP contribution in [-0.2, 0) is 0 Å². The highest BCUT2D eigenvalue weighted by atomic mass is 15.1. The van der Waals surface area contributed by atoms with Crippen LogP contribution in [0.1, 0.15) is 44.9 Å². The van der Waals surface area contributed by atoms with E-state index in [1.165, 1.54) is 71.1 Å². The second-order valence-corrected chi connectivity index (χ2v) is 5.15. The van der Waals surface area contributed by atoms with Crippen LogP contribution in [0.25, 0.3) is 0 Å². The zero-order chi connectivity index (χ0) is 9.64. The predicted octanol–water partition coefficient (Wildman–Crippen LogP) is -0.439. The summed E-state index contributed by atoms with van der Waals surface area (Å²) in [6, 6.07) is 0.955. The molecule has 0 amide bonds. The van der Waals surface area contributed by atoms with Gasteiger partial charge in [0.25, 0.3) is 0 Å². The van der Waals surface area contributed by atoms with Gasteiger partial charge in [-0.25, -0.2) is 0 Å². The number of rotatable bonds is 2. The molecule has 0 aromatic carbocycles. The first-order chi connectivity index (χ1) is 6.95. The van der Waals surface area contributed by atoms with Crippen molar-refractivity contribution >= 4 is 0 Å². The van der Waals surface area contributed by atoms with Gasteiger partial charge in [0, 0.05) is 6.42 Å². The van der Waals surface area contributed by atoms with Gasteiger partial charge in [-0.05, 0) is 38.5 Å². The van der Waals surface area contributed by atoms with Gasteiger partial charge in [0.1, 0.15) is 12.6 Å². The summed E-state index contributed by atoms with van der Waals surface area (Å²) < 4.78 is 0. The van der Waals surface area contributed by atoms with Crippen molar-refractivity contribution in [2.45, 2.75) is 51.0 Å². The summed E-state index contributed by atoms with van der Waals surface area (Å²) in [5.74, 6) is 0. The minimum atomic E-state index is 0.955. The maximum Gasteiger partial charge on any atom is 0.135 e. The molecule has 2 saturated heterocycles. The zero-order valence-corrected chi connectivity index (χ0v) is 9.43. The highest BCUT2D eigenvalue weighted by Gasteiger charge is 2.22. The molecule has 0 spiro atoms. The Morgan fingerprint density at radius 3 is 2.36 bits per heavy atom. The third kappa shape index (κ3) is 3.25. The highest BCUT2D eigenvalue weighted by molar-refractivity contribution is 4.58. The molecule has 2 rings (SSSR count). The van der Waals surface area contributed by atoms with Crippen LogP contribution in [-0.4, -0.2) is 32.2 Å². The quantitative estimate of drug-likeness (QED) is 0.600. The average Bonchev–Trinajstić information content (AvgIpc) is 2.48. The predicted molar refractivity (Wildman–Crippen MR) is 58.5 cm³/mol. The van der Waals surface area contributed by atoms with Gasteiger partial charge >= 0.3 is 0 Å². The molecule has 2 nitrogen and oxygen atoms in total. The molecule has 0 unspecified atom stereocenters. The fourth-order valence-corrected chi connectivity index (χ4v) is 3.01. The summed E-state index contributed by atoms with van der Waals surface area (Å²) in [6.07, 6.45) is 10.3. The van der Waals surface area contributed by atoms with Gasteiger partial charge in [0.05, 0.1) is 19.6 Å². The Labute approximate surface area is 88.1 Å². The number of nitrogens with two attached hydrogens (primary N) is 1. The lowest BCUT2D eigenvalue weighted by atomic mass is 10.0. The molecule has 2 aliphatic heterocycles. The third-order valence-electron chi connectivity index (χ3n) is 3.89. The molecule has 82 valence electrons. The summed E-state index contributed by atoms with van der Waals surface area (Å²) in [6.45, 7) is 5.73. The average molecular weight is 198 g/mol. The van der Waals surface area contributed by atoms with E-state index in [-0.39, 0.29) is 0 Å². The largest absolute Gasteiger partial charge is 0.339 e. The van der Waals surface area contributed by atoms with E-state index < -0.39 is 0 Å². The number of hydrogen-bond acceptors (Lipinski definition) is 0. The number of piperidine rings is 1. The van der Waals surface area contributed by atoms with E-state index in [2.05, 4.69) is 5.32 Å². The van der Waals surface area contributed by atoms with Gasteiger partial charge in [-0.2, -0.15) is 0 Å². The molecule has 2 aliphatic rings. The van der Waals surface area contributed by atoms with Crippen molar-refractivity contribution in [3.8, 4) is 0 Å². The normalized spacial score (nSPS) is 31.3. The van der Waals surface area contributed by atoms with Crippen molar-refractivity contribution in [2.24, 2.45) is 0 Å². The Balaban J connectivity index is 1.71. The summed E-state index contributed by atoms with van der Waals surface area (Å²) in [5, 5.41) is 2.60. The molecule has 0 aromatic rings. The van der Waals surface area contributed by atoms with Gasteiger partial charge in [-0.1, -0.05) is 0 Å². The highest BCUT2D eigenvalue weighted by Crippen LogP contribution is 2.01. The first-order valence-electron chi connectivity index (χ1n) is 6.62. The number of nitrogens with one attached hydrogen (secondary N) is 1. The van der Waals surface area contributed by atoms with Crippen LogP contribution in [0.3, 0.4) is 0 Å². The van der Waals surface area contributed by atoms with Crippen LogP contribution in [0.5, 0.6) is 0 Å². The van der Waals surface area contributed by atoms with E-state index in [1.54, 1.807) is 0 Å². The zero-order valence-electron chi connectivity index (χ0n) is 9.43. The standard InChI is InChI=1S/C12H24N2/c1-2-6-10-14(9-5-1)11-12-7-3-4-8-13-12/h12-13H,1-11H2/p+2/t12-/m0/s1. The molecule has 14 heavy (non-hydrogen) atoms. The minimum Gasteiger partial charge on any atom is -0.339 e. The Bertz CT molecular complexity index is 144. The Kier molecular flexibility index (Phi) is 4.26. The van der Waals surface area contributed by atoms with E-state index >= 15 is 0 Å². The summed E-state index contributed by atoms with van der Waals surface area (Å²) in [4.78, 5) is 1.89. The molecule has 0 radical (unpaired) electrons. The Morgan fingerprint density at radius 2 is 1.71 bits per heavy atom. The van der Waals surface area contributed by atoms with Crippen LogP contribution < -0.4 is 10.2 Å². The molecule has 3 N–H and O–H groups in total. The van der Waals surface area contributed by atoms with Crippen LogP contribution in [0.2, 0.25) is 0 Å². The second kappa shape index (κ2) is 5.72. The van der Waals surface area contributed by atoms with E-state index in [0.29, 0.717) is 0 Å². The van der Waals surface area contributed by atoms with Crippen LogP contribution in [0.15, 0.2) is 0 Å². The SMILES string of the molecule is C1CCC[NH+](C[C@@H]2CCCC[NH2+]2)CC1. The summed E-state index contributed by atoms with van der Waals surface area (Å²) in [5.41, 5.74) is 0. The third-order valence-corrected chi connectivity index (χ3v) is 3.89. The van der Waals surface area contributed by atoms with Crippen molar-refractivity contribution < 1.29 is 10.2 Å². The van der Waals surface area contributed by atoms with Crippen molar-refractivity contribution in [3.63, 3.8) is 0 Å². The lowest BCUT2D eigenvalue weighted by molar-refractivity contribution is -0.919. The fourth-order valence-electron chi connectivity index (χ4n) is 3.01. The molecule has 2 heterocycles. The molecular formula is C12H26N2+2. The Morgan fingerprint density at radius 1 is 0.929 bits per heavy atom. The van der Waals surface area contributed by atoms with E-state index in [4.69, 9.17) is 0 Å². The molecule has 1 atom stereocenters. The summed E-state index contributed by atoms with van der Waals surface area (Å²) >= 11 is 0. The monoisotopic (exact) mass is 198 g/mol. The molecule has 0 bridgehead atoms. The van der Waals surface area contributed by atoms with Gasteiger partial charge in [-0.15, -0.1) is 0 Å². The molecule has 2 fully saturated rings. The number of hydrogen-bond donors (Lipinski definition) is 2. The van der Waals surface area contributed by atoms with Gasteiger partial charge in [0.15, 0.2) is 0 Å².